The number of hydrogen-bond donors (Lipinski definition) is 1. The summed E-state index contributed by atoms with van der Waals surface area (Å²) in [6.45, 7) is 2.49. The summed E-state index contributed by atoms with van der Waals surface area (Å²) in [5.41, 5.74) is 2.75. The molecular formula is C13H11BrClFN2. The number of nitrogens with one attached hydrogen (secondary N) is 1. The van der Waals surface area contributed by atoms with E-state index in [1.807, 2.05) is 13.0 Å². The van der Waals surface area contributed by atoms with E-state index in [0.29, 0.717) is 11.7 Å². The highest BCUT2D eigenvalue weighted by Crippen LogP contribution is 2.23. The van der Waals surface area contributed by atoms with Gasteiger partial charge in [0.15, 0.2) is 5.15 Å². The summed E-state index contributed by atoms with van der Waals surface area (Å²) in [5, 5.41) is 3.61. The Kier molecular flexibility index (Phi) is 4.19. The molecule has 0 bridgehead atoms. The van der Waals surface area contributed by atoms with Crippen molar-refractivity contribution >= 4 is 33.2 Å². The first-order valence-electron chi connectivity index (χ1n) is 5.36. The highest BCUT2D eigenvalue weighted by molar-refractivity contribution is 9.10. The zero-order chi connectivity index (χ0) is 13.1. The van der Waals surface area contributed by atoms with Crippen molar-refractivity contribution in [2.24, 2.45) is 0 Å². The minimum atomic E-state index is -0.263. The monoisotopic (exact) mass is 328 g/mol. The normalized spacial score (nSPS) is 10.4. The maximum absolute atomic E-state index is 12.9. The maximum Gasteiger partial charge on any atom is 0.152 e. The number of aryl methyl sites for hydroxylation is 1. The van der Waals surface area contributed by atoms with Crippen molar-refractivity contribution in [3.63, 3.8) is 0 Å². The van der Waals surface area contributed by atoms with Gasteiger partial charge in [0.05, 0.1) is 5.69 Å². The average Bonchev–Trinajstić information content (AvgIpc) is 2.32. The minimum absolute atomic E-state index is 0.263. The van der Waals surface area contributed by atoms with E-state index < -0.39 is 0 Å². The lowest BCUT2D eigenvalue weighted by atomic mass is 10.2. The van der Waals surface area contributed by atoms with Crippen LogP contribution in [0.3, 0.4) is 0 Å². The van der Waals surface area contributed by atoms with Crippen LogP contribution >= 0.6 is 27.5 Å². The van der Waals surface area contributed by atoms with E-state index in [1.165, 1.54) is 12.1 Å². The number of halogens is 3. The second kappa shape index (κ2) is 5.67. The molecule has 2 rings (SSSR count). The Morgan fingerprint density at radius 1 is 1.39 bits per heavy atom. The third-order valence-electron chi connectivity index (χ3n) is 2.46. The van der Waals surface area contributed by atoms with E-state index in [1.54, 1.807) is 12.3 Å². The summed E-state index contributed by atoms with van der Waals surface area (Å²) < 4.78 is 13.7. The summed E-state index contributed by atoms with van der Waals surface area (Å²) in [6, 6.07) is 6.52. The third-order valence-corrected chi connectivity index (χ3v) is 3.50. The summed E-state index contributed by atoms with van der Waals surface area (Å²) in [7, 11) is 0. The van der Waals surface area contributed by atoms with Crippen LogP contribution in [0.4, 0.5) is 10.1 Å². The van der Waals surface area contributed by atoms with E-state index in [-0.39, 0.29) is 5.82 Å². The molecule has 0 radical (unpaired) electrons. The molecule has 0 fully saturated rings. The Bertz CT molecular complexity index is 575. The smallest absolute Gasteiger partial charge is 0.152 e. The van der Waals surface area contributed by atoms with Gasteiger partial charge < -0.3 is 5.32 Å². The van der Waals surface area contributed by atoms with Crippen LogP contribution in [-0.4, -0.2) is 4.98 Å². The molecule has 0 saturated heterocycles. The van der Waals surface area contributed by atoms with Gasteiger partial charge in [-0.15, -0.1) is 0 Å². The van der Waals surface area contributed by atoms with Crippen molar-refractivity contribution in [2.75, 3.05) is 5.32 Å². The topological polar surface area (TPSA) is 24.9 Å². The molecule has 2 aromatic rings. The van der Waals surface area contributed by atoms with E-state index in [2.05, 4.69) is 26.2 Å². The fourth-order valence-corrected chi connectivity index (χ4v) is 2.19. The quantitative estimate of drug-likeness (QED) is 0.835. The molecule has 94 valence electrons. The van der Waals surface area contributed by atoms with Crippen molar-refractivity contribution in [3.8, 4) is 0 Å². The van der Waals surface area contributed by atoms with Crippen LogP contribution in [0.15, 0.2) is 34.9 Å². The lowest BCUT2D eigenvalue weighted by molar-refractivity contribution is 0.626. The summed E-state index contributed by atoms with van der Waals surface area (Å²) in [4.78, 5) is 4.06. The predicted molar refractivity (Wildman–Crippen MR) is 75.4 cm³/mol. The van der Waals surface area contributed by atoms with Gasteiger partial charge in [0.2, 0.25) is 0 Å². The number of nitrogens with zero attached hydrogens (tertiary/aromatic N) is 1. The maximum atomic E-state index is 12.9. The molecule has 0 unspecified atom stereocenters. The van der Waals surface area contributed by atoms with Crippen LogP contribution < -0.4 is 5.32 Å². The van der Waals surface area contributed by atoms with Crippen LogP contribution in [0.2, 0.25) is 5.15 Å². The second-order valence-corrected chi connectivity index (χ2v) is 5.15. The lowest BCUT2D eigenvalue weighted by Crippen LogP contribution is -2.02. The Labute approximate surface area is 118 Å². The molecule has 0 spiro atoms. The molecule has 5 heteroatoms. The van der Waals surface area contributed by atoms with Crippen LogP contribution in [-0.2, 0) is 6.54 Å². The van der Waals surface area contributed by atoms with Gasteiger partial charge in [0.25, 0.3) is 0 Å². The minimum Gasteiger partial charge on any atom is -0.378 e. The fraction of sp³-hybridized carbons (Fsp3) is 0.154. The van der Waals surface area contributed by atoms with E-state index in [4.69, 9.17) is 11.6 Å². The standard InChI is InChI=1S/C13H11BrClFN2/c1-8-4-12(13(15)18-6-8)17-7-9-2-3-10(16)5-11(9)14/h2-6,17H,7H2,1H3. The van der Waals surface area contributed by atoms with E-state index in [0.717, 1.165) is 21.3 Å². The van der Waals surface area contributed by atoms with Crippen LogP contribution in [0.25, 0.3) is 0 Å². The van der Waals surface area contributed by atoms with Crippen LogP contribution in [0.1, 0.15) is 11.1 Å². The van der Waals surface area contributed by atoms with E-state index >= 15 is 0 Å². The van der Waals surface area contributed by atoms with Crippen molar-refractivity contribution in [2.45, 2.75) is 13.5 Å². The number of benzene rings is 1. The molecule has 1 aromatic heterocycles. The lowest BCUT2D eigenvalue weighted by Gasteiger charge is -2.10. The molecule has 1 heterocycles. The number of rotatable bonds is 3. The average molecular weight is 330 g/mol. The molecule has 18 heavy (non-hydrogen) atoms. The third kappa shape index (κ3) is 3.21. The van der Waals surface area contributed by atoms with Gasteiger partial charge in [-0.3, -0.25) is 0 Å². The Balaban J connectivity index is 2.13. The fourth-order valence-electron chi connectivity index (χ4n) is 1.53. The number of aromatic nitrogens is 1. The number of hydrogen-bond acceptors (Lipinski definition) is 2. The largest absolute Gasteiger partial charge is 0.378 e. The molecule has 0 saturated carbocycles. The summed E-state index contributed by atoms with van der Waals surface area (Å²) >= 11 is 9.31. The van der Waals surface area contributed by atoms with E-state index in [9.17, 15) is 4.39 Å². The highest BCUT2D eigenvalue weighted by atomic mass is 79.9. The molecule has 1 N–H and O–H groups in total. The van der Waals surface area contributed by atoms with Crippen molar-refractivity contribution in [1.29, 1.82) is 0 Å². The second-order valence-electron chi connectivity index (χ2n) is 3.94. The van der Waals surface area contributed by atoms with Crippen LogP contribution in [0, 0.1) is 12.7 Å². The molecule has 0 atom stereocenters. The van der Waals surface area contributed by atoms with Gasteiger partial charge in [0, 0.05) is 17.2 Å². The number of anilines is 1. The molecule has 2 nitrogen and oxygen atoms in total. The number of pyridine rings is 1. The van der Waals surface area contributed by atoms with Crippen molar-refractivity contribution < 1.29 is 4.39 Å². The van der Waals surface area contributed by atoms with Gasteiger partial charge in [-0.2, -0.15) is 0 Å². The molecule has 0 aliphatic rings. The van der Waals surface area contributed by atoms with Crippen molar-refractivity contribution in [3.05, 3.63) is 57.0 Å². The van der Waals surface area contributed by atoms with Crippen molar-refractivity contribution in [1.82, 2.24) is 4.98 Å². The van der Waals surface area contributed by atoms with Gasteiger partial charge in [0.1, 0.15) is 5.82 Å². The first kappa shape index (κ1) is 13.3. The predicted octanol–water partition coefficient (Wildman–Crippen LogP) is 4.56. The Hall–Kier alpha value is -1.13. The summed E-state index contributed by atoms with van der Waals surface area (Å²) in [5.74, 6) is -0.263. The van der Waals surface area contributed by atoms with Gasteiger partial charge in [-0.1, -0.05) is 33.6 Å². The first-order valence-corrected chi connectivity index (χ1v) is 6.53. The Morgan fingerprint density at radius 2 is 2.17 bits per heavy atom. The Morgan fingerprint density at radius 3 is 2.89 bits per heavy atom. The zero-order valence-corrected chi connectivity index (χ0v) is 12.0. The summed E-state index contributed by atoms with van der Waals surface area (Å²) in [6.07, 6.45) is 1.71. The molecular weight excluding hydrogens is 319 g/mol. The van der Waals surface area contributed by atoms with Crippen LogP contribution in [0.5, 0.6) is 0 Å². The molecule has 0 amide bonds. The van der Waals surface area contributed by atoms with Gasteiger partial charge in [-0.25, -0.2) is 9.37 Å². The molecule has 0 aliphatic carbocycles. The molecule has 1 aromatic carbocycles. The zero-order valence-electron chi connectivity index (χ0n) is 9.67. The van der Waals surface area contributed by atoms with Gasteiger partial charge >= 0.3 is 0 Å². The SMILES string of the molecule is Cc1cnc(Cl)c(NCc2ccc(F)cc2Br)c1. The molecule has 0 aliphatic heterocycles. The first-order chi connectivity index (χ1) is 8.56. The highest BCUT2D eigenvalue weighted by Gasteiger charge is 2.04. The van der Waals surface area contributed by atoms with Gasteiger partial charge in [-0.05, 0) is 36.2 Å².